The van der Waals surface area contributed by atoms with Crippen LogP contribution in [0.5, 0.6) is 0 Å². The lowest BCUT2D eigenvalue weighted by Gasteiger charge is -2.36. The molecule has 0 aliphatic heterocycles. The monoisotopic (exact) mass is 253 g/mol. The molecule has 1 aromatic rings. The van der Waals surface area contributed by atoms with Gasteiger partial charge in [0.05, 0.1) is 12.6 Å². The topological polar surface area (TPSA) is 64.9 Å². The minimum atomic E-state index is -0.0603. The number of aromatic nitrogens is 4. The van der Waals surface area contributed by atoms with Crippen LogP contribution in [-0.2, 0) is 18.2 Å². The summed E-state index contributed by atoms with van der Waals surface area (Å²) in [5, 5.41) is 15.8. The molecule has 1 heterocycles. The Bertz CT molecular complexity index is 372. The number of rotatable bonds is 6. The van der Waals surface area contributed by atoms with E-state index in [4.69, 9.17) is 4.74 Å². The summed E-state index contributed by atoms with van der Waals surface area (Å²) < 4.78 is 5.85. The van der Waals surface area contributed by atoms with Crippen LogP contribution in [0.15, 0.2) is 0 Å². The molecule has 1 aliphatic rings. The minimum Gasteiger partial charge on any atom is -0.377 e. The van der Waals surface area contributed by atoms with Crippen molar-refractivity contribution in [3.8, 4) is 0 Å². The normalized spacial score (nSPS) is 20.2. The van der Waals surface area contributed by atoms with Crippen LogP contribution in [0.4, 0.5) is 0 Å². The van der Waals surface area contributed by atoms with Gasteiger partial charge in [0.1, 0.15) is 0 Å². The number of hydrogen-bond acceptors (Lipinski definition) is 5. The molecule has 18 heavy (non-hydrogen) atoms. The molecule has 1 aliphatic carbocycles. The number of nitrogens with one attached hydrogen (secondary N) is 1. The average molecular weight is 253 g/mol. The smallest absolute Gasteiger partial charge is 0.176 e. The summed E-state index contributed by atoms with van der Waals surface area (Å²) in [6, 6.07) is 0.263. The van der Waals surface area contributed by atoms with Crippen LogP contribution in [0.25, 0.3) is 0 Å². The van der Waals surface area contributed by atoms with E-state index in [-0.39, 0.29) is 11.6 Å². The Morgan fingerprint density at radius 2 is 2.17 bits per heavy atom. The van der Waals surface area contributed by atoms with Crippen molar-refractivity contribution in [2.45, 2.75) is 50.7 Å². The SMILES string of the molecule is CCNC(Cc1nnn(C)n1)C1(OC)CCCC1. The zero-order valence-electron chi connectivity index (χ0n) is 11.5. The second kappa shape index (κ2) is 5.75. The molecule has 1 atom stereocenters. The van der Waals surface area contributed by atoms with Crippen LogP contribution in [-0.4, -0.2) is 45.5 Å². The summed E-state index contributed by atoms with van der Waals surface area (Å²) in [6.45, 7) is 3.05. The second-order valence-electron chi connectivity index (χ2n) is 4.99. The number of ether oxygens (including phenoxy) is 1. The molecule has 0 radical (unpaired) electrons. The summed E-state index contributed by atoms with van der Waals surface area (Å²) in [5.74, 6) is 0.784. The van der Waals surface area contributed by atoms with E-state index in [1.165, 1.54) is 17.6 Å². The van der Waals surface area contributed by atoms with E-state index in [9.17, 15) is 0 Å². The van der Waals surface area contributed by atoms with Gasteiger partial charge in [-0.15, -0.1) is 10.2 Å². The number of methoxy groups -OCH3 is 1. The van der Waals surface area contributed by atoms with E-state index < -0.39 is 0 Å². The van der Waals surface area contributed by atoms with Crippen molar-refractivity contribution in [3.63, 3.8) is 0 Å². The van der Waals surface area contributed by atoms with Crippen molar-refractivity contribution in [2.24, 2.45) is 7.05 Å². The van der Waals surface area contributed by atoms with E-state index in [2.05, 4.69) is 27.7 Å². The van der Waals surface area contributed by atoms with Gasteiger partial charge in [-0.2, -0.15) is 4.80 Å². The third-order valence-corrected chi connectivity index (χ3v) is 3.88. The van der Waals surface area contributed by atoms with E-state index in [0.717, 1.165) is 31.6 Å². The minimum absolute atomic E-state index is 0.0603. The highest BCUT2D eigenvalue weighted by Gasteiger charge is 2.41. The van der Waals surface area contributed by atoms with E-state index >= 15 is 0 Å². The van der Waals surface area contributed by atoms with E-state index in [1.54, 1.807) is 7.05 Å². The van der Waals surface area contributed by atoms with Crippen molar-refractivity contribution < 1.29 is 4.74 Å². The molecule has 1 N–H and O–H groups in total. The fraction of sp³-hybridized carbons (Fsp3) is 0.917. The zero-order valence-corrected chi connectivity index (χ0v) is 11.5. The number of tetrazole rings is 1. The average Bonchev–Trinajstić information content (AvgIpc) is 2.98. The first-order chi connectivity index (χ1) is 8.70. The van der Waals surface area contributed by atoms with Crippen LogP contribution in [0, 0.1) is 0 Å². The Morgan fingerprint density at radius 3 is 2.67 bits per heavy atom. The molecule has 102 valence electrons. The first kappa shape index (κ1) is 13.4. The van der Waals surface area contributed by atoms with Crippen molar-refractivity contribution in [1.82, 2.24) is 25.5 Å². The molecule has 1 unspecified atom stereocenters. The van der Waals surface area contributed by atoms with Gasteiger partial charge in [-0.05, 0) is 24.6 Å². The molecular formula is C12H23N5O. The largest absolute Gasteiger partial charge is 0.377 e. The summed E-state index contributed by atoms with van der Waals surface area (Å²) in [5.41, 5.74) is -0.0603. The van der Waals surface area contributed by atoms with Gasteiger partial charge in [-0.3, -0.25) is 0 Å². The Morgan fingerprint density at radius 1 is 1.44 bits per heavy atom. The summed E-state index contributed by atoms with van der Waals surface area (Å²) in [7, 11) is 3.61. The van der Waals surface area contributed by atoms with Gasteiger partial charge in [-0.25, -0.2) is 0 Å². The lowest BCUT2D eigenvalue weighted by molar-refractivity contribution is -0.0356. The highest BCUT2D eigenvalue weighted by Crippen LogP contribution is 2.36. The van der Waals surface area contributed by atoms with Crippen molar-refractivity contribution in [2.75, 3.05) is 13.7 Å². The fourth-order valence-corrected chi connectivity index (χ4v) is 2.95. The summed E-state index contributed by atoms with van der Waals surface area (Å²) in [6.07, 6.45) is 5.48. The summed E-state index contributed by atoms with van der Waals surface area (Å²) >= 11 is 0. The number of likely N-dealkylation sites (N-methyl/N-ethyl adjacent to an activating group) is 1. The molecule has 0 amide bonds. The van der Waals surface area contributed by atoms with E-state index in [1.807, 2.05) is 7.11 Å². The lowest BCUT2D eigenvalue weighted by atomic mass is 9.89. The Hall–Kier alpha value is -1.01. The Kier molecular flexibility index (Phi) is 4.29. The first-order valence-electron chi connectivity index (χ1n) is 6.71. The fourth-order valence-electron chi connectivity index (χ4n) is 2.95. The van der Waals surface area contributed by atoms with Crippen LogP contribution in [0.2, 0.25) is 0 Å². The van der Waals surface area contributed by atoms with Crippen molar-refractivity contribution >= 4 is 0 Å². The maximum Gasteiger partial charge on any atom is 0.176 e. The highest BCUT2D eigenvalue weighted by molar-refractivity contribution is 5.01. The number of aryl methyl sites for hydroxylation is 1. The predicted molar refractivity (Wildman–Crippen MR) is 68.2 cm³/mol. The Labute approximate surface area is 108 Å². The van der Waals surface area contributed by atoms with Gasteiger partial charge in [-0.1, -0.05) is 19.8 Å². The summed E-state index contributed by atoms with van der Waals surface area (Å²) in [4.78, 5) is 1.51. The molecule has 6 nitrogen and oxygen atoms in total. The molecule has 0 aromatic carbocycles. The number of hydrogen-bond donors (Lipinski definition) is 1. The molecule has 1 saturated carbocycles. The molecule has 0 spiro atoms. The first-order valence-corrected chi connectivity index (χ1v) is 6.71. The highest BCUT2D eigenvalue weighted by atomic mass is 16.5. The molecule has 6 heteroatoms. The third-order valence-electron chi connectivity index (χ3n) is 3.88. The maximum absolute atomic E-state index is 5.85. The van der Waals surface area contributed by atoms with Gasteiger partial charge in [0.25, 0.3) is 0 Å². The molecule has 1 aromatic heterocycles. The van der Waals surface area contributed by atoms with Gasteiger partial charge in [0.15, 0.2) is 5.82 Å². The van der Waals surface area contributed by atoms with Crippen LogP contribution in [0.1, 0.15) is 38.4 Å². The maximum atomic E-state index is 5.85. The molecule has 0 saturated heterocycles. The van der Waals surface area contributed by atoms with Gasteiger partial charge < -0.3 is 10.1 Å². The molecule has 0 bridgehead atoms. The van der Waals surface area contributed by atoms with Gasteiger partial charge >= 0.3 is 0 Å². The van der Waals surface area contributed by atoms with Crippen molar-refractivity contribution in [1.29, 1.82) is 0 Å². The second-order valence-corrected chi connectivity index (χ2v) is 4.99. The van der Waals surface area contributed by atoms with Crippen LogP contribution >= 0.6 is 0 Å². The number of nitrogens with zero attached hydrogens (tertiary/aromatic N) is 4. The third kappa shape index (κ3) is 2.70. The van der Waals surface area contributed by atoms with Gasteiger partial charge in [0.2, 0.25) is 0 Å². The van der Waals surface area contributed by atoms with Crippen LogP contribution < -0.4 is 5.32 Å². The molecule has 1 fully saturated rings. The standard InChI is InChI=1S/C12H23N5O/c1-4-13-10(9-11-14-16-17(2)15-11)12(18-3)7-5-6-8-12/h10,13H,4-9H2,1-3H3. The molecular weight excluding hydrogens is 230 g/mol. The Balaban J connectivity index is 2.11. The van der Waals surface area contributed by atoms with Gasteiger partial charge in [0, 0.05) is 19.6 Å². The lowest BCUT2D eigenvalue weighted by Crippen LogP contribution is -2.51. The zero-order chi connectivity index (χ0) is 13.0. The predicted octanol–water partition coefficient (Wildman–Crippen LogP) is 0.690. The van der Waals surface area contributed by atoms with Crippen molar-refractivity contribution in [3.05, 3.63) is 5.82 Å². The quantitative estimate of drug-likeness (QED) is 0.808. The van der Waals surface area contributed by atoms with E-state index in [0.29, 0.717) is 0 Å². The van der Waals surface area contributed by atoms with Crippen LogP contribution in [0.3, 0.4) is 0 Å². The molecule has 2 rings (SSSR count).